The molecule has 2 atom stereocenters. The molecule has 2 aromatic heterocycles. The van der Waals surface area contributed by atoms with Crippen LogP contribution < -0.4 is 17.0 Å². The number of aliphatic hydroxyl groups is 1. The van der Waals surface area contributed by atoms with E-state index in [9.17, 15) is 14.7 Å². The van der Waals surface area contributed by atoms with Crippen LogP contribution in [0.25, 0.3) is 11.2 Å². The lowest BCUT2D eigenvalue weighted by molar-refractivity contribution is -0.153. The number of anilines is 1. The van der Waals surface area contributed by atoms with E-state index in [1.54, 1.807) is 13.8 Å². The zero-order valence-electron chi connectivity index (χ0n) is 14.0. The van der Waals surface area contributed by atoms with Crippen molar-refractivity contribution >= 4 is 23.1 Å². The van der Waals surface area contributed by atoms with Crippen LogP contribution in [-0.2, 0) is 21.0 Å². The Balaban J connectivity index is 1.97. The van der Waals surface area contributed by atoms with E-state index in [1.807, 2.05) is 0 Å². The molecular formula is C14H22N6O5. The topological polar surface area (TPSA) is 171 Å². The number of nitrogens with zero attached hydrogens (tertiary/aromatic N) is 3. The average molecular weight is 354 g/mol. The Morgan fingerprint density at radius 2 is 2.20 bits per heavy atom. The highest BCUT2D eigenvalue weighted by atomic mass is 16.6. The summed E-state index contributed by atoms with van der Waals surface area (Å²) in [7, 11) is 0. The quantitative estimate of drug-likeness (QED) is 0.414. The van der Waals surface area contributed by atoms with Crippen molar-refractivity contribution in [3.05, 3.63) is 16.7 Å². The number of carbonyl (C=O) groups is 1. The number of aromatic nitrogens is 4. The van der Waals surface area contributed by atoms with Gasteiger partial charge in [0.05, 0.1) is 12.9 Å². The predicted octanol–water partition coefficient (Wildman–Crippen LogP) is -1.44. The van der Waals surface area contributed by atoms with Crippen LogP contribution in [0.4, 0.5) is 5.95 Å². The van der Waals surface area contributed by atoms with Gasteiger partial charge in [0.15, 0.2) is 11.2 Å². The maximum Gasteiger partial charge on any atom is 0.323 e. The summed E-state index contributed by atoms with van der Waals surface area (Å²) in [6.07, 6.45) is 0.599. The number of nitrogens with one attached hydrogen (secondary N) is 1. The van der Waals surface area contributed by atoms with Crippen LogP contribution in [0.3, 0.4) is 0 Å². The zero-order chi connectivity index (χ0) is 18.6. The lowest BCUT2D eigenvalue weighted by Crippen LogP contribution is -2.39. The number of rotatable bonds is 8. The maximum atomic E-state index is 11.7. The summed E-state index contributed by atoms with van der Waals surface area (Å²) in [5.74, 6) is -0.673. The fraction of sp³-hybridized carbons (Fsp3) is 0.571. The maximum absolute atomic E-state index is 11.7. The SMILES string of the molecule is CC(C)[C@@H](N)C(=O)OC[C@H](CO)OCn1cnc2c(=O)[nH]c(N)nc21. The molecule has 0 aliphatic rings. The van der Waals surface area contributed by atoms with Crippen molar-refractivity contribution < 1.29 is 19.4 Å². The number of esters is 1. The largest absolute Gasteiger partial charge is 0.462 e. The van der Waals surface area contributed by atoms with Crippen molar-refractivity contribution in [3.63, 3.8) is 0 Å². The molecule has 2 heterocycles. The fourth-order valence-corrected chi connectivity index (χ4v) is 1.95. The number of imidazole rings is 1. The van der Waals surface area contributed by atoms with Gasteiger partial charge >= 0.3 is 5.97 Å². The Kier molecular flexibility index (Phi) is 6.07. The predicted molar refractivity (Wildman–Crippen MR) is 88.3 cm³/mol. The molecule has 11 heteroatoms. The summed E-state index contributed by atoms with van der Waals surface area (Å²) in [5.41, 5.74) is 11.1. The number of hydrogen-bond acceptors (Lipinski definition) is 9. The number of ether oxygens (including phenoxy) is 2. The lowest BCUT2D eigenvalue weighted by atomic mass is 10.1. The molecule has 0 unspecified atom stereocenters. The van der Waals surface area contributed by atoms with Crippen LogP contribution in [0.15, 0.2) is 11.1 Å². The highest BCUT2D eigenvalue weighted by molar-refractivity contribution is 5.75. The second kappa shape index (κ2) is 8.05. The molecule has 0 aliphatic carbocycles. The molecule has 0 fully saturated rings. The number of nitrogen functional groups attached to an aromatic ring is 1. The van der Waals surface area contributed by atoms with Crippen LogP contribution in [0.5, 0.6) is 0 Å². The lowest BCUT2D eigenvalue weighted by Gasteiger charge is -2.19. The van der Waals surface area contributed by atoms with E-state index < -0.39 is 23.7 Å². The highest BCUT2D eigenvalue weighted by Gasteiger charge is 2.21. The van der Waals surface area contributed by atoms with Gasteiger partial charge in [-0.15, -0.1) is 0 Å². The van der Waals surface area contributed by atoms with E-state index in [0.29, 0.717) is 0 Å². The Labute approximate surface area is 142 Å². The first-order valence-corrected chi connectivity index (χ1v) is 7.68. The van der Waals surface area contributed by atoms with Crippen molar-refractivity contribution in [2.24, 2.45) is 11.7 Å². The third-order valence-electron chi connectivity index (χ3n) is 3.55. The van der Waals surface area contributed by atoms with Crippen molar-refractivity contribution in [2.45, 2.75) is 32.7 Å². The Bertz CT molecular complexity index is 786. The number of aliphatic hydroxyl groups excluding tert-OH is 1. The first-order chi connectivity index (χ1) is 11.8. The minimum absolute atomic E-state index is 0.0467. The summed E-state index contributed by atoms with van der Waals surface area (Å²) in [6, 6.07) is -0.740. The van der Waals surface area contributed by atoms with Gasteiger partial charge in [0, 0.05) is 0 Å². The van der Waals surface area contributed by atoms with Crippen LogP contribution in [0.1, 0.15) is 13.8 Å². The standard InChI is InChI=1S/C14H22N6O5/c1-7(2)9(15)13(23)24-4-8(3-21)25-6-20-5-17-10-11(20)18-14(16)19-12(10)22/h5,7-9,21H,3-4,6,15H2,1-2H3,(H3,16,18,19,22)/t8-,9+/m0/s1. The highest BCUT2D eigenvalue weighted by Crippen LogP contribution is 2.08. The molecule has 11 nitrogen and oxygen atoms in total. The summed E-state index contributed by atoms with van der Waals surface area (Å²) in [6.45, 7) is 3.02. The van der Waals surface area contributed by atoms with Gasteiger partial charge in [-0.1, -0.05) is 13.8 Å². The summed E-state index contributed by atoms with van der Waals surface area (Å²) >= 11 is 0. The average Bonchev–Trinajstić information content (AvgIpc) is 2.97. The van der Waals surface area contributed by atoms with Crippen LogP contribution >= 0.6 is 0 Å². The van der Waals surface area contributed by atoms with Gasteiger partial charge in [-0.2, -0.15) is 4.98 Å². The van der Waals surface area contributed by atoms with Crippen molar-refractivity contribution in [3.8, 4) is 0 Å². The summed E-state index contributed by atoms with van der Waals surface area (Å²) in [4.78, 5) is 33.7. The molecule has 2 rings (SSSR count). The van der Waals surface area contributed by atoms with Crippen molar-refractivity contribution in [2.75, 3.05) is 18.9 Å². The number of carbonyl (C=O) groups excluding carboxylic acids is 1. The number of nitrogens with two attached hydrogens (primary N) is 2. The first-order valence-electron chi connectivity index (χ1n) is 7.68. The molecule has 0 aromatic carbocycles. The second-order valence-electron chi connectivity index (χ2n) is 5.84. The Hall–Kier alpha value is -2.50. The van der Waals surface area contributed by atoms with Crippen molar-refractivity contribution in [1.82, 2.24) is 19.5 Å². The second-order valence-corrected chi connectivity index (χ2v) is 5.84. The number of fused-ring (bicyclic) bond motifs is 1. The minimum atomic E-state index is -0.764. The fourth-order valence-electron chi connectivity index (χ4n) is 1.95. The van der Waals surface area contributed by atoms with E-state index in [4.69, 9.17) is 20.9 Å². The van der Waals surface area contributed by atoms with Gasteiger partial charge in [-0.3, -0.25) is 19.1 Å². The molecule has 0 bridgehead atoms. The number of aromatic amines is 1. The zero-order valence-corrected chi connectivity index (χ0v) is 14.0. The normalized spacial score (nSPS) is 14.0. The molecule has 0 aliphatic heterocycles. The van der Waals surface area contributed by atoms with Crippen LogP contribution in [-0.4, -0.2) is 56.0 Å². The molecular weight excluding hydrogens is 332 g/mol. The molecule has 0 spiro atoms. The number of H-pyrrole nitrogens is 1. The van der Waals surface area contributed by atoms with Gasteiger partial charge < -0.3 is 26.0 Å². The van der Waals surface area contributed by atoms with Crippen LogP contribution in [0, 0.1) is 5.92 Å². The first kappa shape index (κ1) is 18.8. The van der Waals surface area contributed by atoms with E-state index in [-0.39, 0.29) is 43.0 Å². The van der Waals surface area contributed by atoms with E-state index >= 15 is 0 Å². The molecule has 2 aromatic rings. The molecule has 0 saturated carbocycles. The third kappa shape index (κ3) is 4.53. The molecule has 25 heavy (non-hydrogen) atoms. The Morgan fingerprint density at radius 1 is 1.48 bits per heavy atom. The monoisotopic (exact) mass is 354 g/mol. The van der Waals surface area contributed by atoms with Crippen molar-refractivity contribution in [1.29, 1.82) is 0 Å². The van der Waals surface area contributed by atoms with E-state index in [2.05, 4.69) is 15.0 Å². The molecule has 6 N–H and O–H groups in total. The molecule has 138 valence electrons. The minimum Gasteiger partial charge on any atom is -0.462 e. The van der Waals surface area contributed by atoms with Gasteiger partial charge in [0.1, 0.15) is 25.5 Å². The van der Waals surface area contributed by atoms with E-state index in [1.165, 1.54) is 10.9 Å². The molecule has 0 saturated heterocycles. The number of hydrogen-bond donors (Lipinski definition) is 4. The van der Waals surface area contributed by atoms with Gasteiger partial charge in [0.2, 0.25) is 5.95 Å². The molecule has 0 amide bonds. The summed E-state index contributed by atoms with van der Waals surface area (Å²) in [5, 5.41) is 9.35. The van der Waals surface area contributed by atoms with Crippen LogP contribution in [0.2, 0.25) is 0 Å². The summed E-state index contributed by atoms with van der Waals surface area (Å²) < 4.78 is 12.0. The third-order valence-corrected chi connectivity index (χ3v) is 3.55. The van der Waals surface area contributed by atoms with E-state index in [0.717, 1.165) is 0 Å². The van der Waals surface area contributed by atoms with Gasteiger partial charge in [0.25, 0.3) is 5.56 Å². The molecule has 0 radical (unpaired) electrons. The smallest absolute Gasteiger partial charge is 0.323 e. The van der Waals surface area contributed by atoms with Gasteiger partial charge in [-0.25, -0.2) is 4.98 Å². The Morgan fingerprint density at radius 3 is 2.84 bits per heavy atom. The van der Waals surface area contributed by atoms with Gasteiger partial charge in [-0.05, 0) is 5.92 Å².